The Morgan fingerprint density at radius 2 is 0.357 bits per heavy atom. The molecule has 1 aliphatic rings. The summed E-state index contributed by atoms with van der Waals surface area (Å²) in [7, 11) is 0. The van der Waals surface area contributed by atoms with Gasteiger partial charge in [-0.3, -0.25) is 0 Å². The molecule has 0 aromatic heterocycles. The maximum absolute atomic E-state index is 2.45. The quantitative estimate of drug-likeness (QED) is 0.502. The lowest BCUT2D eigenvalue weighted by molar-refractivity contribution is 0.199. The SMILES string of the molecule is CC1C(C)C(C)C(C)C(C)C(C)C1C. The largest absolute Gasteiger partial charge is 0.0620 e. The van der Waals surface area contributed by atoms with Crippen LogP contribution in [0.1, 0.15) is 48.5 Å². The van der Waals surface area contributed by atoms with Crippen molar-refractivity contribution < 1.29 is 0 Å². The van der Waals surface area contributed by atoms with Crippen LogP contribution in [0.3, 0.4) is 0 Å². The summed E-state index contributed by atoms with van der Waals surface area (Å²) in [5.41, 5.74) is 0. The van der Waals surface area contributed by atoms with E-state index in [4.69, 9.17) is 0 Å². The molecule has 0 amide bonds. The van der Waals surface area contributed by atoms with E-state index in [1.807, 2.05) is 0 Å². The summed E-state index contributed by atoms with van der Waals surface area (Å²) in [5, 5.41) is 0. The summed E-state index contributed by atoms with van der Waals surface area (Å²) in [5.74, 6) is 6.17. The zero-order valence-corrected chi connectivity index (χ0v) is 11.0. The first kappa shape index (κ1) is 12.1. The van der Waals surface area contributed by atoms with Crippen LogP contribution in [0.2, 0.25) is 0 Å². The highest BCUT2D eigenvalue weighted by Gasteiger charge is 2.38. The van der Waals surface area contributed by atoms with Crippen molar-refractivity contribution >= 4 is 0 Å². The van der Waals surface area contributed by atoms with E-state index in [9.17, 15) is 0 Å². The highest BCUT2D eigenvalue weighted by Crippen LogP contribution is 2.44. The topological polar surface area (TPSA) is 0 Å². The lowest BCUT2D eigenvalue weighted by Gasteiger charge is -2.29. The second kappa shape index (κ2) is 4.24. The zero-order chi connectivity index (χ0) is 11.0. The summed E-state index contributed by atoms with van der Waals surface area (Å²) in [4.78, 5) is 0. The Morgan fingerprint density at radius 1 is 0.286 bits per heavy atom. The van der Waals surface area contributed by atoms with Crippen LogP contribution >= 0.6 is 0 Å². The van der Waals surface area contributed by atoms with Gasteiger partial charge in [0.05, 0.1) is 0 Å². The minimum absolute atomic E-state index is 0.882. The van der Waals surface area contributed by atoms with Gasteiger partial charge in [0, 0.05) is 0 Å². The monoisotopic (exact) mass is 196 g/mol. The van der Waals surface area contributed by atoms with E-state index in [1.54, 1.807) is 0 Å². The molecule has 0 aliphatic heterocycles. The van der Waals surface area contributed by atoms with Crippen LogP contribution < -0.4 is 0 Å². The molecule has 0 bridgehead atoms. The van der Waals surface area contributed by atoms with E-state index >= 15 is 0 Å². The number of hydrogen-bond donors (Lipinski definition) is 0. The third-order valence-electron chi connectivity index (χ3n) is 5.81. The molecule has 1 rings (SSSR count). The van der Waals surface area contributed by atoms with E-state index in [1.165, 1.54) is 0 Å². The number of hydrogen-bond acceptors (Lipinski definition) is 0. The maximum atomic E-state index is 2.45. The fourth-order valence-electron chi connectivity index (χ4n) is 3.35. The van der Waals surface area contributed by atoms with Gasteiger partial charge >= 0.3 is 0 Å². The van der Waals surface area contributed by atoms with Gasteiger partial charge in [-0.15, -0.1) is 0 Å². The van der Waals surface area contributed by atoms with Crippen LogP contribution in [-0.4, -0.2) is 0 Å². The summed E-state index contributed by atoms with van der Waals surface area (Å²) >= 11 is 0. The molecule has 0 atom stereocenters. The van der Waals surface area contributed by atoms with Crippen LogP contribution in [0.15, 0.2) is 0 Å². The molecule has 0 aromatic carbocycles. The fourth-order valence-corrected chi connectivity index (χ4v) is 3.35. The molecule has 0 radical (unpaired) electrons. The van der Waals surface area contributed by atoms with E-state index in [0.717, 1.165) is 41.4 Å². The molecule has 0 N–H and O–H groups in total. The van der Waals surface area contributed by atoms with Crippen LogP contribution in [0, 0.1) is 41.4 Å². The van der Waals surface area contributed by atoms with Crippen molar-refractivity contribution in [1.29, 1.82) is 0 Å². The second-order valence-electron chi connectivity index (χ2n) is 6.01. The maximum Gasteiger partial charge on any atom is -0.0386 e. The summed E-state index contributed by atoms with van der Waals surface area (Å²) in [6, 6.07) is 0. The van der Waals surface area contributed by atoms with Crippen LogP contribution in [0.5, 0.6) is 0 Å². The van der Waals surface area contributed by atoms with Crippen molar-refractivity contribution in [1.82, 2.24) is 0 Å². The smallest absolute Gasteiger partial charge is 0.0386 e. The first-order chi connectivity index (χ1) is 6.37. The van der Waals surface area contributed by atoms with Crippen LogP contribution in [-0.2, 0) is 0 Å². The van der Waals surface area contributed by atoms with Crippen molar-refractivity contribution in [3.8, 4) is 0 Å². The molecule has 0 heterocycles. The van der Waals surface area contributed by atoms with E-state index in [2.05, 4.69) is 48.5 Å². The van der Waals surface area contributed by atoms with Gasteiger partial charge in [-0.1, -0.05) is 48.5 Å². The molecule has 0 spiro atoms. The van der Waals surface area contributed by atoms with E-state index < -0.39 is 0 Å². The first-order valence-corrected chi connectivity index (χ1v) is 6.37. The standard InChI is InChI=1S/C14H28/c1-8-9(2)11(4)13(6)14(7)12(5)10(8)3/h8-14H,1-7H3. The minimum atomic E-state index is 0.882. The normalized spacial score (nSPS) is 55.5. The Bertz CT molecular complexity index is 112. The molecule has 14 heavy (non-hydrogen) atoms. The van der Waals surface area contributed by atoms with Crippen LogP contribution in [0.4, 0.5) is 0 Å². The molecule has 1 fully saturated rings. The molecule has 1 aliphatic carbocycles. The van der Waals surface area contributed by atoms with Gasteiger partial charge in [0.15, 0.2) is 0 Å². The summed E-state index contributed by atoms with van der Waals surface area (Å²) in [6.45, 7) is 17.2. The van der Waals surface area contributed by atoms with Crippen molar-refractivity contribution in [3.63, 3.8) is 0 Å². The fraction of sp³-hybridized carbons (Fsp3) is 1.00. The molecular formula is C14H28. The molecule has 1 saturated carbocycles. The van der Waals surface area contributed by atoms with Gasteiger partial charge in [0.2, 0.25) is 0 Å². The third kappa shape index (κ3) is 1.85. The Hall–Kier alpha value is 0. The molecule has 0 aromatic rings. The van der Waals surface area contributed by atoms with Gasteiger partial charge < -0.3 is 0 Å². The van der Waals surface area contributed by atoms with Crippen LogP contribution in [0.25, 0.3) is 0 Å². The number of rotatable bonds is 0. The minimum Gasteiger partial charge on any atom is -0.0620 e. The van der Waals surface area contributed by atoms with Crippen molar-refractivity contribution in [3.05, 3.63) is 0 Å². The molecule has 0 unspecified atom stereocenters. The lowest BCUT2D eigenvalue weighted by atomic mass is 9.77. The average Bonchev–Trinajstić information content (AvgIpc) is 2.23. The Kier molecular flexibility index (Phi) is 3.66. The second-order valence-corrected chi connectivity index (χ2v) is 6.01. The average molecular weight is 196 g/mol. The Morgan fingerprint density at radius 3 is 0.429 bits per heavy atom. The Balaban J connectivity index is 2.92. The zero-order valence-electron chi connectivity index (χ0n) is 11.0. The Labute approximate surface area is 90.5 Å². The predicted molar refractivity (Wildman–Crippen MR) is 64.1 cm³/mol. The first-order valence-electron chi connectivity index (χ1n) is 6.37. The summed E-state index contributed by atoms with van der Waals surface area (Å²) < 4.78 is 0. The highest BCUT2D eigenvalue weighted by atomic mass is 14.4. The van der Waals surface area contributed by atoms with E-state index in [-0.39, 0.29) is 0 Å². The highest BCUT2D eigenvalue weighted by molar-refractivity contribution is 4.87. The van der Waals surface area contributed by atoms with Gasteiger partial charge in [-0.25, -0.2) is 0 Å². The molecule has 84 valence electrons. The third-order valence-corrected chi connectivity index (χ3v) is 5.81. The van der Waals surface area contributed by atoms with Gasteiger partial charge in [-0.05, 0) is 41.4 Å². The van der Waals surface area contributed by atoms with Crippen molar-refractivity contribution in [2.75, 3.05) is 0 Å². The molecule has 0 saturated heterocycles. The molecular weight excluding hydrogens is 168 g/mol. The van der Waals surface area contributed by atoms with E-state index in [0.29, 0.717) is 0 Å². The molecule has 0 nitrogen and oxygen atoms in total. The lowest BCUT2D eigenvalue weighted by Crippen LogP contribution is -2.22. The summed E-state index contributed by atoms with van der Waals surface area (Å²) in [6.07, 6.45) is 0. The predicted octanol–water partition coefficient (Wildman–Crippen LogP) is 4.45. The van der Waals surface area contributed by atoms with Gasteiger partial charge in [-0.2, -0.15) is 0 Å². The van der Waals surface area contributed by atoms with Crippen molar-refractivity contribution in [2.45, 2.75) is 48.5 Å². The molecule has 0 heteroatoms. The van der Waals surface area contributed by atoms with Gasteiger partial charge in [0.1, 0.15) is 0 Å². The van der Waals surface area contributed by atoms with Gasteiger partial charge in [0.25, 0.3) is 0 Å². The van der Waals surface area contributed by atoms with Crippen molar-refractivity contribution in [2.24, 2.45) is 41.4 Å².